The number of carbonyl (C=O) groups is 1. The van der Waals surface area contributed by atoms with Gasteiger partial charge in [0.05, 0.1) is 17.9 Å². The summed E-state index contributed by atoms with van der Waals surface area (Å²) >= 11 is 0. The molecule has 2 aromatic rings. The Morgan fingerprint density at radius 3 is 2.57 bits per heavy atom. The number of halogens is 1. The Morgan fingerprint density at radius 2 is 2.05 bits per heavy atom. The van der Waals surface area contributed by atoms with E-state index in [1.54, 1.807) is 6.92 Å². The third kappa shape index (κ3) is 2.61. The number of hydrogen-bond acceptors (Lipinski definition) is 4. The molecule has 0 aliphatic carbocycles. The fraction of sp³-hybridized carbons (Fsp3) is 0.333. The van der Waals surface area contributed by atoms with Crippen molar-refractivity contribution in [2.45, 2.75) is 27.7 Å². The van der Waals surface area contributed by atoms with Crippen molar-refractivity contribution in [2.75, 3.05) is 12.3 Å². The molecule has 0 saturated heterocycles. The number of nitrogen functional groups attached to an aromatic ring is 1. The van der Waals surface area contributed by atoms with E-state index in [-0.39, 0.29) is 23.5 Å². The minimum atomic E-state index is -0.575. The predicted octanol–water partition coefficient (Wildman–Crippen LogP) is 2.70. The summed E-state index contributed by atoms with van der Waals surface area (Å²) in [4.78, 5) is 11.9. The minimum Gasteiger partial charge on any atom is -0.462 e. The molecule has 2 rings (SSSR count). The average molecular weight is 291 g/mol. The van der Waals surface area contributed by atoms with Gasteiger partial charge < -0.3 is 10.5 Å². The van der Waals surface area contributed by atoms with Gasteiger partial charge in [-0.3, -0.25) is 0 Å². The number of carbonyl (C=O) groups excluding carboxylic acids is 1. The monoisotopic (exact) mass is 291 g/mol. The highest BCUT2D eigenvalue weighted by molar-refractivity contribution is 5.95. The first-order valence-electron chi connectivity index (χ1n) is 6.66. The molecule has 0 spiro atoms. The Kier molecular flexibility index (Phi) is 3.97. The maximum Gasteiger partial charge on any atom is 0.340 e. The highest BCUT2D eigenvalue weighted by Gasteiger charge is 2.18. The van der Waals surface area contributed by atoms with Crippen molar-refractivity contribution in [1.82, 2.24) is 9.78 Å². The molecular weight excluding hydrogens is 273 g/mol. The summed E-state index contributed by atoms with van der Waals surface area (Å²) in [5, 5.41) is 4.30. The van der Waals surface area contributed by atoms with Crippen LogP contribution in [0, 0.1) is 26.6 Å². The zero-order valence-electron chi connectivity index (χ0n) is 12.5. The molecule has 0 atom stereocenters. The Labute approximate surface area is 122 Å². The standard InChI is InChI=1S/C15H18FN3O2/c1-5-21-15(20)11-6-14(12(16)7-13(11)17)19-10(4)8(2)9(3)18-19/h6-7H,5,17H2,1-4H3. The van der Waals surface area contributed by atoms with Crippen LogP contribution in [0.3, 0.4) is 0 Å². The zero-order chi connectivity index (χ0) is 15.7. The molecule has 0 radical (unpaired) electrons. The van der Waals surface area contributed by atoms with Crippen LogP contribution >= 0.6 is 0 Å². The minimum absolute atomic E-state index is 0.0490. The van der Waals surface area contributed by atoms with Gasteiger partial charge in [-0.15, -0.1) is 0 Å². The van der Waals surface area contributed by atoms with E-state index in [0.29, 0.717) is 0 Å². The number of benzene rings is 1. The van der Waals surface area contributed by atoms with Gasteiger partial charge in [-0.25, -0.2) is 13.9 Å². The van der Waals surface area contributed by atoms with E-state index >= 15 is 0 Å². The molecule has 0 unspecified atom stereocenters. The topological polar surface area (TPSA) is 70.1 Å². The van der Waals surface area contributed by atoms with Gasteiger partial charge in [0.15, 0.2) is 5.82 Å². The summed E-state index contributed by atoms with van der Waals surface area (Å²) in [5.74, 6) is -1.11. The lowest BCUT2D eigenvalue weighted by molar-refractivity contribution is 0.0527. The number of esters is 1. The summed E-state index contributed by atoms with van der Waals surface area (Å²) in [6, 6.07) is 2.49. The van der Waals surface area contributed by atoms with E-state index in [2.05, 4.69) is 5.10 Å². The highest BCUT2D eigenvalue weighted by atomic mass is 19.1. The van der Waals surface area contributed by atoms with Crippen LogP contribution in [0.4, 0.5) is 10.1 Å². The van der Waals surface area contributed by atoms with Crippen LogP contribution in [0.25, 0.3) is 5.69 Å². The first kappa shape index (κ1) is 15.0. The van der Waals surface area contributed by atoms with E-state index in [0.717, 1.165) is 23.0 Å². The third-order valence-corrected chi connectivity index (χ3v) is 3.50. The summed E-state index contributed by atoms with van der Waals surface area (Å²) in [5.41, 5.74) is 8.66. The SMILES string of the molecule is CCOC(=O)c1cc(-n2nc(C)c(C)c2C)c(F)cc1N. The molecular formula is C15H18FN3O2. The highest BCUT2D eigenvalue weighted by Crippen LogP contribution is 2.24. The lowest BCUT2D eigenvalue weighted by Gasteiger charge is -2.11. The number of rotatable bonds is 3. The molecule has 0 aliphatic rings. The molecule has 0 saturated carbocycles. The summed E-state index contributed by atoms with van der Waals surface area (Å²) in [6.45, 7) is 7.53. The number of hydrogen-bond donors (Lipinski definition) is 1. The van der Waals surface area contributed by atoms with Gasteiger partial charge in [0.1, 0.15) is 5.69 Å². The molecule has 112 valence electrons. The number of aromatic nitrogens is 2. The molecule has 5 nitrogen and oxygen atoms in total. The van der Waals surface area contributed by atoms with Gasteiger partial charge in [-0.05, 0) is 45.4 Å². The van der Waals surface area contributed by atoms with Gasteiger partial charge in [-0.2, -0.15) is 5.10 Å². The molecule has 1 aromatic carbocycles. The van der Waals surface area contributed by atoms with E-state index in [4.69, 9.17) is 10.5 Å². The second-order valence-corrected chi connectivity index (χ2v) is 4.82. The van der Waals surface area contributed by atoms with Crippen LogP contribution in [0.1, 0.15) is 34.2 Å². The quantitative estimate of drug-likeness (QED) is 0.697. The number of anilines is 1. The lowest BCUT2D eigenvalue weighted by Crippen LogP contribution is -2.11. The van der Waals surface area contributed by atoms with Crippen LogP contribution in [0.5, 0.6) is 0 Å². The molecule has 1 aromatic heterocycles. The molecule has 0 aliphatic heterocycles. The van der Waals surface area contributed by atoms with Crippen LogP contribution in [-0.2, 0) is 4.74 Å². The van der Waals surface area contributed by atoms with Gasteiger partial charge in [0.25, 0.3) is 0 Å². The van der Waals surface area contributed by atoms with Crippen LogP contribution < -0.4 is 5.73 Å². The van der Waals surface area contributed by atoms with Crippen molar-refractivity contribution in [3.8, 4) is 5.69 Å². The third-order valence-electron chi connectivity index (χ3n) is 3.50. The molecule has 21 heavy (non-hydrogen) atoms. The summed E-state index contributed by atoms with van der Waals surface area (Å²) in [6.07, 6.45) is 0. The van der Waals surface area contributed by atoms with E-state index in [1.165, 1.54) is 10.7 Å². The molecule has 0 fully saturated rings. The zero-order valence-corrected chi connectivity index (χ0v) is 12.5. The molecule has 0 bridgehead atoms. The largest absolute Gasteiger partial charge is 0.462 e. The molecule has 6 heteroatoms. The first-order valence-corrected chi connectivity index (χ1v) is 6.66. The van der Waals surface area contributed by atoms with Crippen molar-refractivity contribution in [1.29, 1.82) is 0 Å². The number of nitrogens with zero attached hydrogens (tertiary/aromatic N) is 2. The fourth-order valence-electron chi connectivity index (χ4n) is 2.08. The van der Waals surface area contributed by atoms with Crippen molar-refractivity contribution in [3.05, 3.63) is 40.5 Å². The molecule has 0 amide bonds. The fourth-order valence-corrected chi connectivity index (χ4v) is 2.08. The normalized spacial score (nSPS) is 10.7. The second kappa shape index (κ2) is 5.55. The average Bonchev–Trinajstić information content (AvgIpc) is 2.67. The Hall–Kier alpha value is -2.37. The lowest BCUT2D eigenvalue weighted by atomic mass is 10.1. The Bertz CT molecular complexity index is 707. The molecule has 2 N–H and O–H groups in total. The van der Waals surface area contributed by atoms with E-state index in [1.807, 2.05) is 20.8 Å². The van der Waals surface area contributed by atoms with Crippen molar-refractivity contribution < 1.29 is 13.9 Å². The van der Waals surface area contributed by atoms with Crippen LogP contribution in [0.15, 0.2) is 12.1 Å². The summed E-state index contributed by atoms with van der Waals surface area (Å²) in [7, 11) is 0. The molecule has 1 heterocycles. The van der Waals surface area contributed by atoms with Gasteiger partial charge in [-0.1, -0.05) is 0 Å². The Balaban J connectivity index is 2.61. The van der Waals surface area contributed by atoms with Gasteiger partial charge in [0, 0.05) is 11.4 Å². The number of aryl methyl sites for hydroxylation is 1. The van der Waals surface area contributed by atoms with E-state index < -0.39 is 11.8 Å². The number of nitrogens with two attached hydrogens (primary N) is 1. The Morgan fingerprint density at radius 1 is 1.38 bits per heavy atom. The van der Waals surface area contributed by atoms with Crippen LogP contribution in [0.2, 0.25) is 0 Å². The van der Waals surface area contributed by atoms with Crippen LogP contribution in [-0.4, -0.2) is 22.4 Å². The van der Waals surface area contributed by atoms with Crippen molar-refractivity contribution >= 4 is 11.7 Å². The predicted molar refractivity (Wildman–Crippen MR) is 78.1 cm³/mol. The number of ether oxygens (including phenoxy) is 1. The first-order chi connectivity index (χ1) is 9.86. The maximum absolute atomic E-state index is 14.2. The van der Waals surface area contributed by atoms with E-state index in [9.17, 15) is 9.18 Å². The maximum atomic E-state index is 14.2. The van der Waals surface area contributed by atoms with Crippen molar-refractivity contribution in [3.63, 3.8) is 0 Å². The van der Waals surface area contributed by atoms with Gasteiger partial charge in [0.2, 0.25) is 0 Å². The second-order valence-electron chi connectivity index (χ2n) is 4.82. The smallest absolute Gasteiger partial charge is 0.340 e. The summed E-state index contributed by atoms with van der Waals surface area (Å²) < 4.78 is 20.6. The van der Waals surface area contributed by atoms with Gasteiger partial charge >= 0.3 is 5.97 Å². The van der Waals surface area contributed by atoms with Crippen molar-refractivity contribution in [2.24, 2.45) is 0 Å².